The molecule has 94 valence electrons. The van der Waals surface area contributed by atoms with Crippen LogP contribution < -0.4 is 10.2 Å². The van der Waals surface area contributed by atoms with Gasteiger partial charge in [0.15, 0.2) is 0 Å². The fourth-order valence-electron chi connectivity index (χ4n) is 1.97. The molecule has 4 heteroatoms. The summed E-state index contributed by atoms with van der Waals surface area (Å²) in [5.41, 5.74) is 3.60. The molecule has 0 unspecified atom stereocenters. The summed E-state index contributed by atoms with van der Waals surface area (Å²) in [6, 6.07) is 6.09. The molecule has 0 aliphatic rings. The first-order valence-corrected chi connectivity index (χ1v) is 5.99. The highest BCUT2D eigenvalue weighted by atomic mass is 15.1. The summed E-state index contributed by atoms with van der Waals surface area (Å²) < 4.78 is 0. The van der Waals surface area contributed by atoms with Crippen LogP contribution in [-0.2, 0) is 13.1 Å². The zero-order valence-corrected chi connectivity index (χ0v) is 10.8. The molecule has 2 heterocycles. The van der Waals surface area contributed by atoms with Crippen molar-refractivity contribution in [2.24, 2.45) is 0 Å². The quantitative estimate of drug-likeness (QED) is 0.868. The van der Waals surface area contributed by atoms with E-state index in [0.717, 1.165) is 13.1 Å². The Morgan fingerprint density at radius 1 is 1.17 bits per heavy atom. The van der Waals surface area contributed by atoms with Crippen LogP contribution in [0.1, 0.15) is 11.1 Å². The zero-order chi connectivity index (χ0) is 12.8. The van der Waals surface area contributed by atoms with E-state index < -0.39 is 0 Å². The van der Waals surface area contributed by atoms with Crippen LogP contribution in [0.4, 0.5) is 5.69 Å². The van der Waals surface area contributed by atoms with Gasteiger partial charge in [-0.15, -0.1) is 0 Å². The lowest BCUT2D eigenvalue weighted by Gasteiger charge is -2.22. The van der Waals surface area contributed by atoms with Crippen LogP contribution in [0, 0.1) is 0 Å². The van der Waals surface area contributed by atoms with Crippen LogP contribution in [0.5, 0.6) is 0 Å². The minimum Gasteiger partial charge on any atom is -0.370 e. The summed E-state index contributed by atoms with van der Waals surface area (Å²) in [5.74, 6) is 0. The second-order valence-corrected chi connectivity index (χ2v) is 4.25. The number of anilines is 1. The largest absolute Gasteiger partial charge is 0.370 e. The van der Waals surface area contributed by atoms with Gasteiger partial charge in [0.2, 0.25) is 0 Å². The Balaban J connectivity index is 2.16. The zero-order valence-electron chi connectivity index (χ0n) is 10.8. The van der Waals surface area contributed by atoms with E-state index in [4.69, 9.17) is 0 Å². The van der Waals surface area contributed by atoms with Gasteiger partial charge in [0.25, 0.3) is 0 Å². The Hall–Kier alpha value is -1.94. The van der Waals surface area contributed by atoms with E-state index in [1.54, 1.807) is 6.20 Å². The molecule has 0 saturated heterocycles. The minimum absolute atomic E-state index is 0.820. The van der Waals surface area contributed by atoms with Crippen molar-refractivity contribution < 1.29 is 0 Å². The maximum Gasteiger partial charge on any atom is 0.0443 e. The Labute approximate surface area is 108 Å². The molecule has 2 rings (SSSR count). The molecule has 2 aromatic rings. The SMILES string of the molecule is CNCc1cnccc1N(C)Cc1cccnc1. The molecule has 0 spiro atoms. The van der Waals surface area contributed by atoms with Gasteiger partial charge in [0.05, 0.1) is 0 Å². The number of aromatic nitrogens is 2. The first kappa shape index (κ1) is 12.5. The van der Waals surface area contributed by atoms with Crippen molar-refractivity contribution in [3.8, 4) is 0 Å². The number of nitrogens with one attached hydrogen (secondary N) is 1. The topological polar surface area (TPSA) is 41.1 Å². The van der Waals surface area contributed by atoms with Crippen molar-refractivity contribution in [2.45, 2.75) is 13.1 Å². The number of hydrogen-bond donors (Lipinski definition) is 1. The van der Waals surface area contributed by atoms with Gasteiger partial charge in [0.1, 0.15) is 0 Å². The van der Waals surface area contributed by atoms with E-state index in [9.17, 15) is 0 Å². The molecule has 18 heavy (non-hydrogen) atoms. The summed E-state index contributed by atoms with van der Waals surface area (Å²) in [5, 5.41) is 3.16. The van der Waals surface area contributed by atoms with Gasteiger partial charge in [0, 0.05) is 56.2 Å². The van der Waals surface area contributed by atoms with Crippen molar-refractivity contribution in [3.05, 3.63) is 54.1 Å². The number of hydrogen-bond acceptors (Lipinski definition) is 4. The molecule has 2 aromatic heterocycles. The fourth-order valence-corrected chi connectivity index (χ4v) is 1.97. The summed E-state index contributed by atoms with van der Waals surface area (Å²) in [6.07, 6.45) is 7.43. The Morgan fingerprint density at radius 2 is 2.00 bits per heavy atom. The number of nitrogens with zero attached hydrogens (tertiary/aromatic N) is 3. The van der Waals surface area contributed by atoms with Gasteiger partial charge in [-0.25, -0.2) is 0 Å². The van der Waals surface area contributed by atoms with Gasteiger partial charge in [-0.3, -0.25) is 9.97 Å². The van der Waals surface area contributed by atoms with Crippen molar-refractivity contribution in [2.75, 3.05) is 19.0 Å². The highest BCUT2D eigenvalue weighted by molar-refractivity contribution is 5.51. The maximum atomic E-state index is 4.17. The van der Waals surface area contributed by atoms with E-state index in [1.807, 2.05) is 37.8 Å². The van der Waals surface area contributed by atoms with Crippen LogP contribution in [0.3, 0.4) is 0 Å². The van der Waals surface area contributed by atoms with E-state index in [1.165, 1.54) is 16.8 Å². The molecular weight excluding hydrogens is 224 g/mol. The first-order chi connectivity index (χ1) is 8.81. The van der Waals surface area contributed by atoms with Crippen molar-refractivity contribution in [3.63, 3.8) is 0 Å². The summed E-state index contributed by atoms with van der Waals surface area (Å²) in [7, 11) is 4.03. The monoisotopic (exact) mass is 242 g/mol. The summed E-state index contributed by atoms with van der Waals surface area (Å²) >= 11 is 0. The Morgan fingerprint density at radius 3 is 2.72 bits per heavy atom. The summed E-state index contributed by atoms with van der Waals surface area (Å²) in [4.78, 5) is 10.5. The third kappa shape index (κ3) is 3.05. The molecule has 0 radical (unpaired) electrons. The highest BCUT2D eigenvalue weighted by Gasteiger charge is 2.07. The molecule has 0 aromatic carbocycles. The molecule has 1 N–H and O–H groups in total. The van der Waals surface area contributed by atoms with Crippen LogP contribution in [-0.4, -0.2) is 24.1 Å². The third-order valence-corrected chi connectivity index (χ3v) is 2.80. The second kappa shape index (κ2) is 6.12. The molecule has 0 aliphatic carbocycles. The fraction of sp³-hybridized carbons (Fsp3) is 0.286. The van der Waals surface area contributed by atoms with E-state index in [-0.39, 0.29) is 0 Å². The lowest BCUT2D eigenvalue weighted by Crippen LogP contribution is -2.19. The molecule has 0 atom stereocenters. The first-order valence-electron chi connectivity index (χ1n) is 5.99. The number of pyridine rings is 2. The van der Waals surface area contributed by atoms with Crippen LogP contribution >= 0.6 is 0 Å². The number of rotatable bonds is 5. The third-order valence-electron chi connectivity index (χ3n) is 2.80. The predicted molar refractivity (Wildman–Crippen MR) is 73.3 cm³/mol. The average Bonchev–Trinajstić information content (AvgIpc) is 2.41. The standard InChI is InChI=1S/C14H18N4/c1-15-9-13-10-17-7-5-14(13)18(2)11-12-4-3-6-16-8-12/h3-8,10,15H,9,11H2,1-2H3. The Bertz CT molecular complexity index is 484. The smallest absolute Gasteiger partial charge is 0.0443 e. The second-order valence-electron chi connectivity index (χ2n) is 4.25. The van der Waals surface area contributed by atoms with Gasteiger partial charge in [-0.05, 0) is 24.7 Å². The average molecular weight is 242 g/mol. The van der Waals surface area contributed by atoms with Crippen molar-refractivity contribution >= 4 is 5.69 Å². The van der Waals surface area contributed by atoms with Gasteiger partial charge in [-0.1, -0.05) is 6.07 Å². The van der Waals surface area contributed by atoms with E-state index in [2.05, 4.69) is 33.3 Å². The molecule has 0 amide bonds. The van der Waals surface area contributed by atoms with Crippen LogP contribution in [0.15, 0.2) is 43.0 Å². The predicted octanol–water partition coefficient (Wildman–Crippen LogP) is 1.83. The van der Waals surface area contributed by atoms with E-state index in [0.29, 0.717) is 0 Å². The Kier molecular flexibility index (Phi) is 4.25. The van der Waals surface area contributed by atoms with E-state index >= 15 is 0 Å². The molecule has 0 fully saturated rings. The lowest BCUT2D eigenvalue weighted by atomic mass is 10.2. The van der Waals surface area contributed by atoms with Gasteiger partial charge in [-0.2, -0.15) is 0 Å². The van der Waals surface area contributed by atoms with Crippen LogP contribution in [0.25, 0.3) is 0 Å². The molecular formula is C14H18N4. The van der Waals surface area contributed by atoms with Gasteiger partial charge < -0.3 is 10.2 Å². The van der Waals surface area contributed by atoms with Crippen molar-refractivity contribution in [1.29, 1.82) is 0 Å². The normalized spacial score (nSPS) is 10.3. The van der Waals surface area contributed by atoms with Gasteiger partial charge >= 0.3 is 0 Å². The minimum atomic E-state index is 0.820. The lowest BCUT2D eigenvalue weighted by molar-refractivity contribution is 0.800. The molecule has 0 aliphatic heterocycles. The van der Waals surface area contributed by atoms with Crippen molar-refractivity contribution in [1.82, 2.24) is 15.3 Å². The van der Waals surface area contributed by atoms with Crippen LogP contribution in [0.2, 0.25) is 0 Å². The molecule has 0 saturated carbocycles. The summed E-state index contributed by atoms with van der Waals surface area (Å²) in [6.45, 7) is 1.66. The highest BCUT2D eigenvalue weighted by Crippen LogP contribution is 2.19. The molecule has 4 nitrogen and oxygen atoms in total. The molecule has 0 bridgehead atoms. The maximum absolute atomic E-state index is 4.17.